The quantitative estimate of drug-likeness (QED) is 0.741. The number of rotatable bonds is 7. The van der Waals surface area contributed by atoms with Crippen molar-refractivity contribution in [2.24, 2.45) is 11.1 Å². The molecule has 1 aromatic heterocycles. The Balaban J connectivity index is 3.05. The molecule has 0 aliphatic rings. The van der Waals surface area contributed by atoms with Crippen molar-refractivity contribution in [1.82, 2.24) is 10.2 Å². The van der Waals surface area contributed by atoms with Crippen molar-refractivity contribution in [2.75, 3.05) is 0 Å². The van der Waals surface area contributed by atoms with Gasteiger partial charge >= 0.3 is 5.97 Å². The molecule has 0 amide bonds. The molecular formula is C13H23N3O4S. The monoisotopic (exact) mass is 317 g/mol. The van der Waals surface area contributed by atoms with Crippen molar-refractivity contribution in [3.05, 3.63) is 11.4 Å². The second kappa shape index (κ2) is 7.04. The molecule has 1 rings (SSSR count). The Morgan fingerprint density at radius 3 is 2.48 bits per heavy atom. The number of nitrogens with one attached hydrogen (secondary N) is 1. The average Bonchev–Trinajstić information content (AvgIpc) is 2.71. The van der Waals surface area contributed by atoms with Gasteiger partial charge in [0.15, 0.2) is 5.69 Å². The molecule has 0 spiro atoms. The van der Waals surface area contributed by atoms with E-state index >= 15 is 0 Å². The van der Waals surface area contributed by atoms with Gasteiger partial charge < -0.3 is 4.74 Å². The van der Waals surface area contributed by atoms with Gasteiger partial charge in [-0.15, -0.1) is 0 Å². The lowest BCUT2D eigenvalue weighted by Gasteiger charge is -2.14. The molecule has 1 aromatic rings. The third-order valence-electron chi connectivity index (χ3n) is 2.88. The van der Waals surface area contributed by atoms with E-state index in [1.54, 1.807) is 6.92 Å². The highest BCUT2D eigenvalue weighted by molar-refractivity contribution is 7.89. The first-order chi connectivity index (χ1) is 9.66. The van der Waals surface area contributed by atoms with Crippen LogP contribution in [0.4, 0.5) is 0 Å². The van der Waals surface area contributed by atoms with Crippen LogP contribution in [0.1, 0.15) is 56.7 Å². The summed E-state index contributed by atoms with van der Waals surface area (Å²) in [5.74, 6) is -0.411. The maximum absolute atomic E-state index is 12.1. The summed E-state index contributed by atoms with van der Waals surface area (Å²) >= 11 is 0. The fourth-order valence-electron chi connectivity index (χ4n) is 2.18. The molecule has 1 heterocycles. The summed E-state index contributed by atoms with van der Waals surface area (Å²) in [6.07, 6.45) is 1.50. The number of hydrogen-bond donors (Lipinski definition) is 2. The smallest absolute Gasteiger partial charge is 0.360 e. The molecule has 1 atom stereocenters. The van der Waals surface area contributed by atoms with Gasteiger partial charge in [0.1, 0.15) is 4.90 Å². The zero-order valence-corrected chi connectivity index (χ0v) is 13.7. The van der Waals surface area contributed by atoms with Crippen molar-refractivity contribution in [3.63, 3.8) is 0 Å². The number of carbonyl (C=O) groups is 1. The number of esters is 1. The Morgan fingerprint density at radius 1 is 1.38 bits per heavy atom. The summed E-state index contributed by atoms with van der Waals surface area (Å²) in [6, 6.07) is 0. The lowest BCUT2D eigenvalue weighted by Crippen LogP contribution is -2.21. The maximum Gasteiger partial charge on any atom is 0.360 e. The SMILES string of the molecule is CCCc1[nH]nc(C(=O)OC(C)CC(C)C)c1S(N)(=O)=O. The van der Waals surface area contributed by atoms with Crippen LogP contribution in [0.2, 0.25) is 0 Å². The van der Waals surface area contributed by atoms with Gasteiger partial charge in [-0.05, 0) is 25.7 Å². The Bertz CT molecular complexity index is 593. The van der Waals surface area contributed by atoms with Crippen LogP contribution in [0.3, 0.4) is 0 Å². The van der Waals surface area contributed by atoms with E-state index in [1.165, 1.54) is 0 Å². The molecule has 0 radical (unpaired) electrons. The van der Waals surface area contributed by atoms with E-state index in [1.807, 2.05) is 20.8 Å². The van der Waals surface area contributed by atoms with Crippen LogP contribution < -0.4 is 5.14 Å². The number of carbonyl (C=O) groups excluding carboxylic acids is 1. The average molecular weight is 317 g/mol. The number of aromatic nitrogens is 2. The van der Waals surface area contributed by atoms with E-state index in [-0.39, 0.29) is 16.7 Å². The third kappa shape index (κ3) is 4.82. The van der Waals surface area contributed by atoms with Gasteiger partial charge in [-0.2, -0.15) is 5.10 Å². The fourth-order valence-corrected chi connectivity index (χ4v) is 3.07. The van der Waals surface area contributed by atoms with Gasteiger partial charge in [-0.25, -0.2) is 18.4 Å². The first-order valence-corrected chi connectivity index (χ1v) is 8.52. The predicted molar refractivity (Wildman–Crippen MR) is 78.3 cm³/mol. The normalized spacial score (nSPS) is 13.4. The Kier molecular flexibility index (Phi) is 5.91. The first kappa shape index (κ1) is 17.6. The van der Waals surface area contributed by atoms with Crippen molar-refractivity contribution in [3.8, 4) is 0 Å². The number of aromatic amines is 1. The molecule has 0 saturated heterocycles. The molecule has 7 nitrogen and oxygen atoms in total. The molecule has 3 N–H and O–H groups in total. The molecule has 0 aliphatic carbocycles. The topological polar surface area (TPSA) is 115 Å². The number of sulfonamides is 1. The molecule has 120 valence electrons. The summed E-state index contributed by atoms with van der Waals surface area (Å²) in [7, 11) is -4.04. The number of nitrogens with two attached hydrogens (primary N) is 1. The van der Waals surface area contributed by atoms with Gasteiger partial charge in [0.05, 0.1) is 11.8 Å². The number of ether oxygens (including phenoxy) is 1. The molecule has 0 aliphatic heterocycles. The summed E-state index contributed by atoms with van der Waals surface area (Å²) in [4.78, 5) is 11.8. The predicted octanol–water partition coefficient (Wildman–Crippen LogP) is 1.60. The van der Waals surface area contributed by atoms with Crippen LogP contribution >= 0.6 is 0 Å². The molecule has 0 aromatic carbocycles. The lowest BCUT2D eigenvalue weighted by atomic mass is 10.1. The first-order valence-electron chi connectivity index (χ1n) is 6.97. The highest BCUT2D eigenvalue weighted by Crippen LogP contribution is 2.20. The van der Waals surface area contributed by atoms with Crippen LogP contribution in [0, 0.1) is 5.92 Å². The second-order valence-corrected chi connectivity index (χ2v) is 7.02. The minimum absolute atomic E-state index is 0.258. The van der Waals surface area contributed by atoms with Crippen LogP contribution in [0.15, 0.2) is 4.90 Å². The van der Waals surface area contributed by atoms with Crippen molar-refractivity contribution < 1.29 is 17.9 Å². The van der Waals surface area contributed by atoms with Crippen molar-refractivity contribution >= 4 is 16.0 Å². The fraction of sp³-hybridized carbons (Fsp3) is 0.692. The molecule has 8 heteroatoms. The van der Waals surface area contributed by atoms with Crippen LogP contribution in [0.5, 0.6) is 0 Å². The van der Waals surface area contributed by atoms with Gasteiger partial charge in [-0.1, -0.05) is 27.2 Å². The van der Waals surface area contributed by atoms with E-state index in [4.69, 9.17) is 9.88 Å². The van der Waals surface area contributed by atoms with Crippen LogP contribution in [-0.2, 0) is 21.2 Å². The van der Waals surface area contributed by atoms with Gasteiger partial charge in [0, 0.05) is 0 Å². The molecule has 1 unspecified atom stereocenters. The standard InChI is InChI=1S/C13H23N3O4S/c1-5-6-10-12(21(14,18)19)11(16-15-10)13(17)20-9(4)7-8(2)3/h8-9H,5-7H2,1-4H3,(H,15,16)(H2,14,18,19). The van der Waals surface area contributed by atoms with E-state index < -0.39 is 16.0 Å². The van der Waals surface area contributed by atoms with E-state index in [9.17, 15) is 13.2 Å². The van der Waals surface area contributed by atoms with E-state index in [2.05, 4.69) is 10.2 Å². The van der Waals surface area contributed by atoms with Gasteiger partial charge in [0.25, 0.3) is 0 Å². The van der Waals surface area contributed by atoms with Crippen LogP contribution in [0.25, 0.3) is 0 Å². The Labute approximate surface area is 125 Å². The van der Waals surface area contributed by atoms with Crippen molar-refractivity contribution in [1.29, 1.82) is 0 Å². The summed E-state index contributed by atoms with van der Waals surface area (Å²) in [5.41, 5.74) is 0.0695. The molecule has 21 heavy (non-hydrogen) atoms. The van der Waals surface area contributed by atoms with E-state index in [0.29, 0.717) is 30.9 Å². The maximum atomic E-state index is 12.1. The molecule has 0 bridgehead atoms. The highest BCUT2D eigenvalue weighted by Gasteiger charge is 2.29. The Hall–Kier alpha value is -1.41. The largest absolute Gasteiger partial charge is 0.458 e. The number of aryl methyl sites for hydroxylation is 1. The van der Waals surface area contributed by atoms with Gasteiger partial charge in [-0.3, -0.25) is 5.10 Å². The van der Waals surface area contributed by atoms with Crippen LogP contribution in [-0.4, -0.2) is 30.7 Å². The lowest BCUT2D eigenvalue weighted by molar-refractivity contribution is 0.0288. The minimum atomic E-state index is -4.04. The zero-order valence-electron chi connectivity index (χ0n) is 12.8. The van der Waals surface area contributed by atoms with Crippen molar-refractivity contribution in [2.45, 2.75) is 58.0 Å². The molecule has 0 saturated carbocycles. The number of H-pyrrole nitrogens is 1. The summed E-state index contributed by atoms with van der Waals surface area (Å²) in [5, 5.41) is 11.5. The third-order valence-corrected chi connectivity index (χ3v) is 3.89. The number of primary sulfonamides is 1. The second-order valence-electron chi connectivity index (χ2n) is 5.52. The zero-order chi connectivity index (χ0) is 16.2. The minimum Gasteiger partial charge on any atom is -0.458 e. The number of nitrogens with zero attached hydrogens (tertiary/aromatic N) is 1. The Morgan fingerprint density at radius 2 is 2.00 bits per heavy atom. The molecular weight excluding hydrogens is 294 g/mol. The summed E-state index contributed by atoms with van der Waals surface area (Å²) in [6.45, 7) is 7.66. The van der Waals surface area contributed by atoms with E-state index in [0.717, 1.165) is 0 Å². The number of hydrogen-bond acceptors (Lipinski definition) is 5. The van der Waals surface area contributed by atoms with Gasteiger partial charge in [0.2, 0.25) is 10.0 Å². The highest BCUT2D eigenvalue weighted by atomic mass is 32.2. The summed E-state index contributed by atoms with van der Waals surface area (Å²) < 4.78 is 28.6. The molecule has 0 fully saturated rings.